The SMILES string of the molecule is Cc1ccc(CCC(=O)N2CCN(C(=O)C(C)(C)CCl)CC2)cc1. The molecular weight excluding hydrogens is 324 g/mol. The van der Waals surface area contributed by atoms with Gasteiger partial charge in [0, 0.05) is 38.5 Å². The van der Waals surface area contributed by atoms with E-state index in [1.165, 1.54) is 11.1 Å². The zero-order chi connectivity index (χ0) is 17.7. The van der Waals surface area contributed by atoms with Gasteiger partial charge < -0.3 is 9.80 Å². The van der Waals surface area contributed by atoms with Crippen molar-refractivity contribution >= 4 is 23.4 Å². The minimum atomic E-state index is -0.542. The minimum Gasteiger partial charge on any atom is -0.339 e. The van der Waals surface area contributed by atoms with Crippen molar-refractivity contribution in [1.29, 1.82) is 0 Å². The molecule has 1 fully saturated rings. The molecule has 0 saturated carbocycles. The number of hydrogen-bond acceptors (Lipinski definition) is 2. The zero-order valence-electron chi connectivity index (χ0n) is 14.8. The quantitative estimate of drug-likeness (QED) is 0.766. The average molecular weight is 351 g/mol. The second kappa shape index (κ2) is 8.02. The summed E-state index contributed by atoms with van der Waals surface area (Å²) in [7, 11) is 0. The molecule has 1 aliphatic rings. The van der Waals surface area contributed by atoms with Crippen LogP contribution in [0.15, 0.2) is 24.3 Å². The zero-order valence-corrected chi connectivity index (χ0v) is 15.6. The van der Waals surface area contributed by atoms with Crippen molar-refractivity contribution in [3.05, 3.63) is 35.4 Å². The Morgan fingerprint density at radius 3 is 2.12 bits per heavy atom. The first kappa shape index (κ1) is 18.8. The maximum absolute atomic E-state index is 12.4. The average Bonchev–Trinajstić information content (AvgIpc) is 2.60. The van der Waals surface area contributed by atoms with Crippen LogP contribution in [-0.2, 0) is 16.0 Å². The van der Waals surface area contributed by atoms with Gasteiger partial charge >= 0.3 is 0 Å². The molecule has 1 saturated heterocycles. The highest BCUT2D eigenvalue weighted by Gasteiger charge is 2.33. The Labute approximate surface area is 149 Å². The van der Waals surface area contributed by atoms with E-state index in [1.807, 2.05) is 23.6 Å². The molecule has 0 aromatic heterocycles. The number of rotatable bonds is 5. The highest BCUT2D eigenvalue weighted by molar-refractivity contribution is 6.19. The summed E-state index contributed by atoms with van der Waals surface area (Å²) in [6.07, 6.45) is 1.28. The van der Waals surface area contributed by atoms with Crippen LogP contribution in [0.3, 0.4) is 0 Å². The number of benzene rings is 1. The topological polar surface area (TPSA) is 40.6 Å². The molecule has 2 rings (SSSR count). The lowest BCUT2D eigenvalue weighted by Crippen LogP contribution is -2.53. The maximum Gasteiger partial charge on any atom is 0.229 e. The van der Waals surface area contributed by atoms with Gasteiger partial charge in [-0.25, -0.2) is 0 Å². The lowest BCUT2D eigenvalue weighted by atomic mass is 9.94. The van der Waals surface area contributed by atoms with E-state index in [4.69, 9.17) is 11.6 Å². The highest BCUT2D eigenvalue weighted by Crippen LogP contribution is 2.21. The molecule has 5 heteroatoms. The third-order valence-corrected chi connectivity index (χ3v) is 5.25. The van der Waals surface area contributed by atoms with Crippen LogP contribution in [0, 0.1) is 12.3 Å². The third-order valence-electron chi connectivity index (χ3n) is 4.58. The van der Waals surface area contributed by atoms with E-state index < -0.39 is 5.41 Å². The minimum absolute atomic E-state index is 0.0734. The van der Waals surface area contributed by atoms with Gasteiger partial charge in [-0.3, -0.25) is 9.59 Å². The molecule has 0 bridgehead atoms. The van der Waals surface area contributed by atoms with Crippen LogP contribution < -0.4 is 0 Å². The molecular formula is C19H27ClN2O2. The summed E-state index contributed by atoms with van der Waals surface area (Å²) in [5.74, 6) is 0.546. The first-order valence-corrected chi connectivity index (χ1v) is 9.05. The molecule has 0 radical (unpaired) electrons. The Hall–Kier alpha value is -1.55. The van der Waals surface area contributed by atoms with E-state index in [0.717, 1.165) is 6.42 Å². The highest BCUT2D eigenvalue weighted by atomic mass is 35.5. The van der Waals surface area contributed by atoms with Crippen molar-refractivity contribution in [2.75, 3.05) is 32.1 Å². The predicted molar refractivity (Wildman–Crippen MR) is 97.2 cm³/mol. The van der Waals surface area contributed by atoms with Crippen LogP contribution in [0.5, 0.6) is 0 Å². The van der Waals surface area contributed by atoms with Crippen molar-refractivity contribution in [2.24, 2.45) is 5.41 Å². The van der Waals surface area contributed by atoms with Crippen LogP contribution in [0.2, 0.25) is 0 Å². The summed E-state index contributed by atoms with van der Waals surface area (Å²) in [5, 5.41) is 0. The fraction of sp³-hybridized carbons (Fsp3) is 0.579. The van der Waals surface area contributed by atoms with Gasteiger partial charge in [0.1, 0.15) is 0 Å². The molecule has 0 unspecified atom stereocenters. The second-order valence-corrected chi connectivity index (χ2v) is 7.44. The Morgan fingerprint density at radius 1 is 1.04 bits per heavy atom. The van der Waals surface area contributed by atoms with E-state index >= 15 is 0 Å². The number of carbonyl (C=O) groups excluding carboxylic acids is 2. The Kier molecular flexibility index (Phi) is 6.27. The van der Waals surface area contributed by atoms with Crippen molar-refractivity contribution in [2.45, 2.75) is 33.6 Å². The number of carbonyl (C=O) groups is 2. The summed E-state index contributed by atoms with van der Waals surface area (Å²) in [4.78, 5) is 28.5. The number of alkyl halides is 1. The summed E-state index contributed by atoms with van der Waals surface area (Å²) >= 11 is 5.88. The first-order valence-electron chi connectivity index (χ1n) is 8.52. The Balaban J connectivity index is 1.80. The van der Waals surface area contributed by atoms with E-state index in [0.29, 0.717) is 38.5 Å². The molecule has 1 aromatic rings. The summed E-state index contributed by atoms with van der Waals surface area (Å²) in [6.45, 7) is 8.18. The lowest BCUT2D eigenvalue weighted by Gasteiger charge is -2.38. The van der Waals surface area contributed by atoms with Crippen LogP contribution in [0.1, 0.15) is 31.4 Å². The number of nitrogens with zero attached hydrogens (tertiary/aromatic N) is 2. The normalized spacial score (nSPS) is 15.5. The van der Waals surface area contributed by atoms with Crippen molar-refractivity contribution in [3.8, 4) is 0 Å². The van der Waals surface area contributed by atoms with E-state index in [2.05, 4.69) is 31.2 Å². The first-order chi connectivity index (χ1) is 11.3. The molecule has 1 aromatic carbocycles. The lowest BCUT2D eigenvalue weighted by molar-refractivity contribution is -0.144. The monoisotopic (exact) mass is 350 g/mol. The number of aryl methyl sites for hydroxylation is 2. The summed E-state index contributed by atoms with van der Waals surface area (Å²) in [5.41, 5.74) is 1.87. The molecule has 24 heavy (non-hydrogen) atoms. The van der Waals surface area contributed by atoms with Gasteiger partial charge in [-0.2, -0.15) is 0 Å². The number of hydrogen-bond donors (Lipinski definition) is 0. The molecule has 0 aliphatic carbocycles. The summed E-state index contributed by atoms with van der Waals surface area (Å²) < 4.78 is 0. The van der Waals surface area contributed by atoms with Gasteiger partial charge in [-0.15, -0.1) is 11.6 Å². The number of halogens is 1. The molecule has 2 amide bonds. The van der Waals surface area contributed by atoms with Crippen LogP contribution in [-0.4, -0.2) is 53.7 Å². The van der Waals surface area contributed by atoms with Crippen LogP contribution >= 0.6 is 11.6 Å². The van der Waals surface area contributed by atoms with Crippen LogP contribution in [0.25, 0.3) is 0 Å². The standard InChI is InChI=1S/C19H27ClN2O2/c1-15-4-6-16(7-5-15)8-9-17(23)21-10-12-22(13-11-21)18(24)19(2,3)14-20/h4-7H,8-14H2,1-3H3. The molecule has 0 N–H and O–H groups in total. The van der Waals surface area contributed by atoms with Gasteiger partial charge in [0.15, 0.2) is 0 Å². The summed E-state index contributed by atoms with van der Waals surface area (Å²) in [6, 6.07) is 8.30. The van der Waals surface area contributed by atoms with E-state index in [1.54, 1.807) is 0 Å². The van der Waals surface area contributed by atoms with Gasteiger partial charge in [0.25, 0.3) is 0 Å². The van der Waals surface area contributed by atoms with Gasteiger partial charge in [-0.1, -0.05) is 29.8 Å². The number of amides is 2. The van der Waals surface area contributed by atoms with Crippen LogP contribution in [0.4, 0.5) is 0 Å². The molecule has 132 valence electrons. The van der Waals surface area contributed by atoms with E-state index in [-0.39, 0.29) is 11.8 Å². The molecule has 1 aliphatic heterocycles. The largest absolute Gasteiger partial charge is 0.339 e. The van der Waals surface area contributed by atoms with Gasteiger partial charge in [-0.05, 0) is 32.8 Å². The molecule has 0 atom stereocenters. The Bertz CT molecular complexity index is 576. The van der Waals surface area contributed by atoms with E-state index in [9.17, 15) is 9.59 Å². The molecule has 4 nitrogen and oxygen atoms in total. The van der Waals surface area contributed by atoms with Crippen molar-refractivity contribution in [3.63, 3.8) is 0 Å². The third kappa shape index (κ3) is 4.73. The predicted octanol–water partition coefficient (Wildman–Crippen LogP) is 2.86. The number of piperazine rings is 1. The fourth-order valence-electron chi connectivity index (χ4n) is 2.81. The van der Waals surface area contributed by atoms with Gasteiger partial charge in [0.2, 0.25) is 11.8 Å². The molecule has 0 spiro atoms. The van der Waals surface area contributed by atoms with Crippen molar-refractivity contribution < 1.29 is 9.59 Å². The molecule has 1 heterocycles. The maximum atomic E-state index is 12.4. The smallest absolute Gasteiger partial charge is 0.229 e. The van der Waals surface area contributed by atoms with Crippen molar-refractivity contribution in [1.82, 2.24) is 9.80 Å². The Morgan fingerprint density at radius 2 is 1.58 bits per heavy atom. The van der Waals surface area contributed by atoms with Gasteiger partial charge in [0.05, 0.1) is 5.41 Å². The fourth-order valence-corrected chi connectivity index (χ4v) is 2.92. The second-order valence-electron chi connectivity index (χ2n) is 7.18.